The standard InChI is InChI=1S/C16H13NO3/c1-19-15-8-12(10-17)13(9-14(15)16(18)20-2)11-6-4-3-5-7-11/h3-9H,1-2H3. The molecule has 0 bridgehead atoms. The fourth-order valence-electron chi connectivity index (χ4n) is 1.97. The van der Waals surface area contributed by atoms with Gasteiger partial charge in [-0.15, -0.1) is 0 Å². The maximum absolute atomic E-state index is 11.8. The number of esters is 1. The van der Waals surface area contributed by atoms with Crippen LogP contribution in [0.5, 0.6) is 5.75 Å². The first-order valence-corrected chi connectivity index (χ1v) is 5.97. The molecule has 0 saturated carbocycles. The van der Waals surface area contributed by atoms with Crippen LogP contribution in [0, 0.1) is 11.3 Å². The molecular formula is C16H13NO3. The average molecular weight is 267 g/mol. The third-order valence-electron chi connectivity index (χ3n) is 2.95. The van der Waals surface area contributed by atoms with Crippen LogP contribution in [0.2, 0.25) is 0 Å². The maximum Gasteiger partial charge on any atom is 0.341 e. The van der Waals surface area contributed by atoms with E-state index in [1.54, 1.807) is 12.1 Å². The molecule has 20 heavy (non-hydrogen) atoms. The van der Waals surface area contributed by atoms with Crippen molar-refractivity contribution < 1.29 is 14.3 Å². The predicted molar refractivity (Wildman–Crippen MR) is 74.5 cm³/mol. The number of rotatable bonds is 3. The second-order valence-electron chi connectivity index (χ2n) is 4.07. The van der Waals surface area contributed by atoms with Crippen LogP contribution in [0.1, 0.15) is 15.9 Å². The van der Waals surface area contributed by atoms with Crippen LogP contribution in [0.3, 0.4) is 0 Å². The van der Waals surface area contributed by atoms with Gasteiger partial charge in [0.1, 0.15) is 11.3 Å². The first-order chi connectivity index (χ1) is 9.71. The molecule has 2 aromatic rings. The Labute approximate surface area is 117 Å². The van der Waals surface area contributed by atoms with E-state index in [0.717, 1.165) is 5.56 Å². The summed E-state index contributed by atoms with van der Waals surface area (Å²) in [6.45, 7) is 0. The molecule has 0 aliphatic carbocycles. The van der Waals surface area contributed by atoms with Crippen LogP contribution in [-0.4, -0.2) is 20.2 Å². The average Bonchev–Trinajstić information content (AvgIpc) is 2.53. The molecule has 0 saturated heterocycles. The molecule has 0 aromatic heterocycles. The summed E-state index contributed by atoms with van der Waals surface area (Å²) in [6.07, 6.45) is 0. The van der Waals surface area contributed by atoms with Crippen molar-refractivity contribution in [3.05, 3.63) is 53.6 Å². The van der Waals surface area contributed by atoms with Gasteiger partial charge in [0.05, 0.1) is 25.9 Å². The molecular weight excluding hydrogens is 254 g/mol. The summed E-state index contributed by atoms with van der Waals surface area (Å²) in [7, 11) is 2.76. The highest BCUT2D eigenvalue weighted by atomic mass is 16.5. The zero-order chi connectivity index (χ0) is 14.5. The summed E-state index contributed by atoms with van der Waals surface area (Å²) in [5, 5.41) is 9.26. The molecule has 0 radical (unpaired) electrons. The van der Waals surface area contributed by atoms with Crippen molar-refractivity contribution in [1.82, 2.24) is 0 Å². The summed E-state index contributed by atoms with van der Waals surface area (Å²) in [6, 6.07) is 14.7. The lowest BCUT2D eigenvalue weighted by Gasteiger charge is -2.11. The van der Waals surface area contributed by atoms with Crippen LogP contribution in [0.4, 0.5) is 0 Å². The Morgan fingerprint density at radius 1 is 1.15 bits per heavy atom. The summed E-state index contributed by atoms with van der Waals surface area (Å²) in [5.41, 5.74) is 2.28. The maximum atomic E-state index is 11.8. The van der Waals surface area contributed by atoms with Gasteiger partial charge in [0.25, 0.3) is 0 Å². The van der Waals surface area contributed by atoms with Crippen LogP contribution < -0.4 is 4.74 Å². The fraction of sp³-hybridized carbons (Fsp3) is 0.125. The van der Waals surface area contributed by atoms with Crippen molar-refractivity contribution in [3.8, 4) is 22.9 Å². The highest BCUT2D eigenvalue weighted by Gasteiger charge is 2.17. The van der Waals surface area contributed by atoms with Gasteiger partial charge < -0.3 is 9.47 Å². The zero-order valence-corrected chi connectivity index (χ0v) is 11.2. The summed E-state index contributed by atoms with van der Waals surface area (Å²) < 4.78 is 9.89. The minimum absolute atomic E-state index is 0.299. The van der Waals surface area contributed by atoms with Crippen molar-refractivity contribution in [2.75, 3.05) is 14.2 Å². The van der Waals surface area contributed by atoms with E-state index in [9.17, 15) is 10.1 Å². The molecule has 0 amide bonds. The highest BCUT2D eigenvalue weighted by molar-refractivity contribution is 5.95. The molecule has 0 aliphatic rings. The van der Waals surface area contributed by atoms with Crippen molar-refractivity contribution in [2.24, 2.45) is 0 Å². The number of hydrogen-bond donors (Lipinski definition) is 0. The van der Waals surface area contributed by atoms with E-state index in [-0.39, 0.29) is 0 Å². The first kappa shape index (κ1) is 13.6. The van der Waals surface area contributed by atoms with Gasteiger partial charge in [-0.25, -0.2) is 4.79 Å². The van der Waals surface area contributed by atoms with E-state index < -0.39 is 5.97 Å². The normalized spacial score (nSPS) is 9.65. The molecule has 0 unspecified atom stereocenters. The molecule has 4 nitrogen and oxygen atoms in total. The van der Waals surface area contributed by atoms with E-state index in [1.165, 1.54) is 14.2 Å². The third kappa shape index (κ3) is 2.47. The Morgan fingerprint density at radius 2 is 1.85 bits per heavy atom. The van der Waals surface area contributed by atoms with Gasteiger partial charge in [-0.2, -0.15) is 5.26 Å². The van der Waals surface area contributed by atoms with Gasteiger partial charge >= 0.3 is 5.97 Å². The summed E-state index contributed by atoms with van der Waals surface area (Å²) in [4.78, 5) is 11.8. The summed E-state index contributed by atoms with van der Waals surface area (Å²) >= 11 is 0. The number of benzene rings is 2. The Bertz CT molecular complexity index is 672. The van der Waals surface area contributed by atoms with Crippen molar-refractivity contribution >= 4 is 5.97 Å². The van der Waals surface area contributed by atoms with E-state index in [1.807, 2.05) is 30.3 Å². The Morgan fingerprint density at radius 3 is 2.40 bits per heavy atom. The number of hydrogen-bond acceptors (Lipinski definition) is 4. The van der Waals surface area contributed by atoms with Gasteiger partial charge in [-0.3, -0.25) is 0 Å². The third-order valence-corrected chi connectivity index (χ3v) is 2.95. The molecule has 100 valence electrons. The molecule has 0 atom stereocenters. The lowest BCUT2D eigenvalue weighted by Crippen LogP contribution is -2.05. The van der Waals surface area contributed by atoms with Gasteiger partial charge in [0.15, 0.2) is 0 Å². The molecule has 0 aliphatic heterocycles. The molecule has 0 spiro atoms. The van der Waals surface area contributed by atoms with Gasteiger partial charge in [0, 0.05) is 5.56 Å². The second kappa shape index (κ2) is 5.89. The Kier molecular flexibility index (Phi) is 4.02. The van der Waals surface area contributed by atoms with Crippen molar-refractivity contribution in [3.63, 3.8) is 0 Å². The van der Waals surface area contributed by atoms with Crippen molar-refractivity contribution in [2.45, 2.75) is 0 Å². The largest absolute Gasteiger partial charge is 0.496 e. The Hall–Kier alpha value is -2.80. The first-order valence-electron chi connectivity index (χ1n) is 5.97. The van der Waals surface area contributed by atoms with Crippen LogP contribution in [-0.2, 0) is 4.74 Å². The monoisotopic (exact) mass is 267 g/mol. The second-order valence-corrected chi connectivity index (χ2v) is 4.07. The number of methoxy groups -OCH3 is 2. The highest BCUT2D eigenvalue weighted by Crippen LogP contribution is 2.30. The number of carbonyl (C=O) groups excluding carboxylic acids is 1. The van der Waals surface area contributed by atoms with E-state index in [0.29, 0.717) is 22.4 Å². The number of nitriles is 1. The quantitative estimate of drug-likeness (QED) is 0.802. The Balaban J connectivity index is 2.68. The number of nitrogens with zero attached hydrogens (tertiary/aromatic N) is 1. The number of carbonyl (C=O) groups is 1. The smallest absolute Gasteiger partial charge is 0.341 e. The van der Waals surface area contributed by atoms with Gasteiger partial charge in [-0.1, -0.05) is 30.3 Å². The molecule has 2 rings (SSSR count). The molecule has 0 fully saturated rings. The van der Waals surface area contributed by atoms with Crippen LogP contribution in [0.15, 0.2) is 42.5 Å². The van der Waals surface area contributed by atoms with Gasteiger partial charge in [-0.05, 0) is 17.7 Å². The van der Waals surface area contributed by atoms with Crippen LogP contribution in [0.25, 0.3) is 11.1 Å². The lowest BCUT2D eigenvalue weighted by molar-refractivity contribution is 0.0597. The molecule has 4 heteroatoms. The van der Waals surface area contributed by atoms with Crippen LogP contribution >= 0.6 is 0 Å². The van der Waals surface area contributed by atoms with E-state index in [2.05, 4.69) is 6.07 Å². The minimum Gasteiger partial charge on any atom is -0.496 e. The van der Waals surface area contributed by atoms with E-state index >= 15 is 0 Å². The zero-order valence-electron chi connectivity index (χ0n) is 11.2. The molecule has 2 aromatic carbocycles. The molecule has 0 heterocycles. The van der Waals surface area contributed by atoms with Crippen molar-refractivity contribution in [1.29, 1.82) is 5.26 Å². The topological polar surface area (TPSA) is 59.3 Å². The summed E-state index contributed by atoms with van der Waals surface area (Å²) in [5.74, 6) is -0.170. The fourth-order valence-corrected chi connectivity index (χ4v) is 1.97. The predicted octanol–water partition coefficient (Wildman–Crippen LogP) is 3.02. The number of ether oxygens (including phenoxy) is 2. The van der Waals surface area contributed by atoms with E-state index in [4.69, 9.17) is 9.47 Å². The minimum atomic E-state index is -0.497. The van der Waals surface area contributed by atoms with Gasteiger partial charge in [0.2, 0.25) is 0 Å². The SMILES string of the molecule is COC(=O)c1cc(-c2ccccc2)c(C#N)cc1OC. The molecule has 0 N–H and O–H groups in total. The lowest BCUT2D eigenvalue weighted by atomic mass is 9.97.